The van der Waals surface area contributed by atoms with Crippen molar-refractivity contribution in [3.8, 4) is 17.2 Å². The quantitative estimate of drug-likeness (QED) is 0.558. The molecule has 0 radical (unpaired) electrons. The van der Waals surface area contributed by atoms with E-state index in [0.717, 1.165) is 0 Å². The lowest BCUT2D eigenvalue weighted by molar-refractivity contribution is 0.0447. The van der Waals surface area contributed by atoms with Gasteiger partial charge in [-0.05, 0) is 36.4 Å². The predicted octanol–water partition coefficient (Wildman–Crippen LogP) is 1.28. The van der Waals surface area contributed by atoms with Crippen LogP contribution in [0.3, 0.4) is 0 Å². The molecule has 0 bridgehead atoms. The molecule has 0 aromatic heterocycles. The molecule has 0 aliphatic carbocycles. The second-order valence-electron chi connectivity index (χ2n) is 4.88. The Hall–Kier alpha value is -2.78. The van der Waals surface area contributed by atoms with E-state index in [1.54, 1.807) is 0 Å². The van der Waals surface area contributed by atoms with Gasteiger partial charge in [0.25, 0.3) is 0 Å². The number of sulfonamides is 1. The fourth-order valence-corrected chi connectivity index (χ4v) is 2.42. The van der Waals surface area contributed by atoms with Gasteiger partial charge >= 0.3 is 5.97 Å². The topological polar surface area (TPSA) is 125 Å². The van der Waals surface area contributed by atoms with Crippen LogP contribution in [0, 0.1) is 0 Å². The van der Waals surface area contributed by atoms with E-state index in [9.17, 15) is 18.3 Å². The number of methoxy groups -OCH3 is 1. The molecule has 2 rings (SSSR count). The molecule has 0 atom stereocenters. The van der Waals surface area contributed by atoms with Gasteiger partial charge in [-0.25, -0.2) is 18.4 Å². The number of carbonyl (C=O) groups is 1. The number of phenols is 1. The highest BCUT2D eigenvalue weighted by atomic mass is 32.2. The van der Waals surface area contributed by atoms with Gasteiger partial charge in [-0.2, -0.15) is 0 Å². The fraction of sp³-hybridized carbons (Fsp3) is 0.188. The first-order valence-corrected chi connectivity index (χ1v) is 8.65. The third-order valence-electron chi connectivity index (χ3n) is 3.16. The molecule has 0 unspecified atom stereocenters. The fourth-order valence-electron chi connectivity index (χ4n) is 1.91. The summed E-state index contributed by atoms with van der Waals surface area (Å²) in [5.41, 5.74) is 0.0123. The maximum Gasteiger partial charge on any atom is 0.342 e. The van der Waals surface area contributed by atoms with Crippen LogP contribution in [0.25, 0.3) is 0 Å². The first kappa shape index (κ1) is 18.6. The Morgan fingerprint density at radius 3 is 2.28 bits per heavy atom. The Labute approximate surface area is 144 Å². The van der Waals surface area contributed by atoms with Crippen molar-refractivity contribution in [3.63, 3.8) is 0 Å². The van der Waals surface area contributed by atoms with Crippen LogP contribution in [-0.2, 0) is 14.8 Å². The number of benzene rings is 2. The lowest BCUT2D eigenvalue weighted by Gasteiger charge is -2.09. The van der Waals surface area contributed by atoms with Gasteiger partial charge in [0.05, 0.1) is 12.0 Å². The average molecular weight is 367 g/mol. The van der Waals surface area contributed by atoms with Crippen LogP contribution in [0.15, 0.2) is 47.4 Å². The number of rotatable bonds is 7. The Morgan fingerprint density at radius 1 is 1.08 bits per heavy atom. The van der Waals surface area contributed by atoms with Crippen molar-refractivity contribution in [2.24, 2.45) is 5.14 Å². The Balaban J connectivity index is 1.84. The standard InChI is InChI=1S/C16H17NO7S/c1-22-12-4-7-14(15(18)10-12)16(19)24-9-8-23-11-2-5-13(6-3-11)25(17,20)21/h2-7,10,18H,8-9H2,1H3,(H2,17,20,21). The SMILES string of the molecule is COc1ccc(C(=O)OCCOc2ccc(S(N)(=O)=O)cc2)c(O)c1. The molecule has 134 valence electrons. The first-order valence-electron chi connectivity index (χ1n) is 7.11. The Kier molecular flexibility index (Phi) is 5.84. The monoisotopic (exact) mass is 367 g/mol. The first-order chi connectivity index (χ1) is 11.8. The molecule has 0 aliphatic rings. The van der Waals surface area contributed by atoms with Crippen molar-refractivity contribution >= 4 is 16.0 Å². The van der Waals surface area contributed by atoms with E-state index in [2.05, 4.69) is 0 Å². The molecule has 2 aromatic rings. The van der Waals surface area contributed by atoms with E-state index in [0.29, 0.717) is 11.5 Å². The molecule has 0 amide bonds. The zero-order chi connectivity index (χ0) is 18.4. The molecule has 9 heteroatoms. The van der Waals surface area contributed by atoms with Crippen molar-refractivity contribution in [2.75, 3.05) is 20.3 Å². The van der Waals surface area contributed by atoms with Gasteiger partial charge in [0.1, 0.15) is 36.0 Å². The molecular formula is C16H17NO7S. The van der Waals surface area contributed by atoms with Crippen LogP contribution >= 0.6 is 0 Å². The maximum atomic E-state index is 11.9. The summed E-state index contributed by atoms with van der Waals surface area (Å²) in [6, 6.07) is 9.73. The molecule has 0 aliphatic heterocycles. The van der Waals surface area contributed by atoms with E-state index in [4.69, 9.17) is 19.3 Å². The number of hydrogen-bond acceptors (Lipinski definition) is 7. The molecule has 0 saturated carbocycles. The van der Waals surface area contributed by atoms with E-state index < -0.39 is 16.0 Å². The Morgan fingerprint density at radius 2 is 1.72 bits per heavy atom. The van der Waals surface area contributed by atoms with Gasteiger partial charge in [-0.15, -0.1) is 0 Å². The average Bonchev–Trinajstić information content (AvgIpc) is 2.58. The molecule has 0 spiro atoms. The summed E-state index contributed by atoms with van der Waals surface area (Å²) in [6.07, 6.45) is 0. The third-order valence-corrected chi connectivity index (χ3v) is 4.09. The van der Waals surface area contributed by atoms with Crippen molar-refractivity contribution in [3.05, 3.63) is 48.0 Å². The molecular weight excluding hydrogens is 350 g/mol. The van der Waals surface area contributed by atoms with Gasteiger partial charge in [-0.3, -0.25) is 0 Å². The number of esters is 1. The van der Waals surface area contributed by atoms with E-state index in [-0.39, 0.29) is 29.4 Å². The van der Waals surface area contributed by atoms with Crippen LogP contribution in [-0.4, -0.2) is 39.8 Å². The summed E-state index contributed by atoms with van der Waals surface area (Å²) in [5, 5.41) is 14.7. The second-order valence-corrected chi connectivity index (χ2v) is 6.45. The van der Waals surface area contributed by atoms with Crippen LogP contribution in [0.5, 0.6) is 17.2 Å². The summed E-state index contributed by atoms with van der Waals surface area (Å²) in [6.45, 7) is -0.00137. The highest BCUT2D eigenvalue weighted by Gasteiger charge is 2.13. The largest absolute Gasteiger partial charge is 0.507 e. The minimum Gasteiger partial charge on any atom is -0.507 e. The summed E-state index contributed by atoms with van der Waals surface area (Å²) in [7, 11) is -2.31. The highest BCUT2D eigenvalue weighted by molar-refractivity contribution is 7.89. The molecule has 0 saturated heterocycles. The van der Waals surface area contributed by atoms with E-state index in [1.807, 2.05) is 0 Å². The van der Waals surface area contributed by atoms with Crippen molar-refractivity contribution < 1.29 is 32.5 Å². The second kappa shape index (κ2) is 7.86. The number of phenolic OH excluding ortho intramolecular Hbond substituents is 1. The van der Waals surface area contributed by atoms with E-state index in [1.165, 1.54) is 49.6 Å². The summed E-state index contributed by atoms with van der Waals surface area (Å²) in [4.78, 5) is 11.8. The van der Waals surface area contributed by atoms with Crippen molar-refractivity contribution in [1.29, 1.82) is 0 Å². The number of primary sulfonamides is 1. The Bertz CT molecular complexity index is 847. The smallest absolute Gasteiger partial charge is 0.342 e. The van der Waals surface area contributed by atoms with Gasteiger partial charge in [0.2, 0.25) is 10.0 Å². The molecule has 3 N–H and O–H groups in total. The number of ether oxygens (including phenoxy) is 3. The number of nitrogens with two attached hydrogens (primary N) is 1. The zero-order valence-electron chi connectivity index (χ0n) is 13.3. The summed E-state index contributed by atoms with van der Waals surface area (Å²) in [5.74, 6) is -0.131. The summed E-state index contributed by atoms with van der Waals surface area (Å²) >= 11 is 0. The van der Waals surface area contributed by atoms with Crippen LogP contribution in [0.1, 0.15) is 10.4 Å². The van der Waals surface area contributed by atoms with Crippen LogP contribution < -0.4 is 14.6 Å². The van der Waals surface area contributed by atoms with Crippen molar-refractivity contribution in [1.82, 2.24) is 0 Å². The lowest BCUT2D eigenvalue weighted by Crippen LogP contribution is -2.13. The highest BCUT2D eigenvalue weighted by Crippen LogP contribution is 2.24. The van der Waals surface area contributed by atoms with E-state index >= 15 is 0 Å². The number of aromatic hydroxyl groups is 1. The maximum absolute atomic E-state index is 11.9. The van der Waals surface area contributed by atoms with Gasteiger partial charge in [-0.1, -0.05) is 0 Å². The summed E-state index contributed by atoms with van der Waals surface area (Å²) < 4.78 is 37.5. The molecule has 25 heavy (non-hydrogen) atoms. The third kappa shape index (κ3) is 5.10. The molecule has 0 fully saturated rings. The predicted molar refractivity (Wildman–Crippen MR) is 88.3 cm³/mol. The van der Waals surface area contributed by atoms with Crippen LogP contribution in [0.2, 0.25) is 0 Å². The molecule has 0 heterocycles. The zero-order valence-corrected chi connectivity index (χ0v) is 14.2. The van der Waals surface area contributed by atoms with Crippen molar-refractivity contribution in [2.45, 2.75) is 4.90 Å². The number of carbonyl (C=O) groups excluding carboxylic acids is 1. The minimum atomic E-state index is -3.75. The normalized spacial score (nSPS) is 11.0. The van der Waals surface area contributed by atoms with Gasteiger partial charge < -0.3 is 19.3 Å². The number of hydrogen-bond donors (Lipinski definition) is 2. The minimum absolute atomic E-state index is 0.0123. The van der Waals surface area contributed by atoms with Crippen LogP contribution in [0.4, 0.5) is 0 Å². The van der Waals surface area contributed by atoms with Gasteiger partial charge in [0, 0.05) is 6.07 Å². The lowest BCUT2D eigenvalue weighted by atomic mass is 10.2. The molecule has 8 nitrogen and oxygen atoms in total. The molecule has 2 aromatic carbocycles. The van der Waals surface area contributed by atoms with Gasteiger partial charge in [0.15, 0.2) is 0 Å².